The fourth-order valence-corrected chi connectivity index (χ4v) is 3.32. The number of ether oxygens (including phenoxy) is 4. The van der Waals surface area contributed by atoms with Gasteiger partial charge < -0.3 is 24.3 Å². The average molecular weight is 483 g/mol. The normalized spacial score (nSPS) is 10.6. The van der Waals surface area contributed by atoms with E-state index >= 15 is 0 Å². The van der Waals surface area contributed by atoms with E-state index in [0.29, 0.717) is 39.0 Å². The highest BCUT2D eigenvalue weighted by Gasteiger charge is 2.15. The number of hydrogen-bond donors (Lipinski definition) is 1. The molecule has 0 saturated heterocycles. The number of rotatable bonds is 7. The number of para-hydroxylation sites is 1. The van der Waals surface area contributed by atoms with Crippen LogP contribution in [0, 0.1) is 0 Å². The summed E-state index contributed by atoms with van der Waals surface area (Å²) in [4.78, 5) is 13.1. The van der Waals surface area contributed by atoms with Crippen molar-refractivity contribution in [3.63, 3.8) is 0 Å². The Morgan fingerprint density at radius 3 is 2.32 bits per heavy atom. The number of nitrogens with one attached hydrogen (secondary N) is 1. The zero-order chi connectivity index (χ0) is 21.8. The fraction of sp³-hybridized carbons (Fsp3) is 0.136. The van der Waals surface area contributed by atoms with Crippen molar-refractivity contribution in [2.45, 2.75) is 0 Å². The van der Waals surface area contributed by atoms with E-state index in [-0.39, 0.29) is 6.01 Å². The molecule has 0 unspecified atom stereocenters. The molecule has 2 heterocycles. The molecule has 0 saturated carbocycles. The van der Waals surface area contributed by atoms with Crippen LogP contribution in [0.4, 0.5) is 11.5 Å². The van der Waals surface area contributed by atoms with Crippen molar-refractivity contribution in [2.75, 3.05) is 26.6 Å². The summed E-state index contributed by atoms with van der Waals surface area (Å²) < 4.78 is 22.8. The minimum absolute atomic E-state index is 0.177. The molecule has 158 valence electrons. The van der Waals surface area contributed by atoms with Gasteiger partial charge in [0.1, 0.15) is 5.52 Å². The Bertz CT molecular complexity index is 1210. The maximum absolute atomic E-state index is 5.94. The van der Waals surface area contributed by atoms with Gasteiger partial charge in [-0.2, -0.15) is 4.98 Å². The Labute approximate surface area is 187 Å². The second-order valence-corrected chi connectivity index (χ2v) is 7.18. The lowest BCUT2D eigenvalue weighted by molar-refractivity contribution is 0.324. The monoisotopic (exact) mass is 482 g/mol. The van der Waals surface area contributed by atoms with Gasteiger partial charge in [0.05, 0.1) is 32.0 Å². The van der Waals surface area contributed by atoms with Crippen LogP contribution in [0.25, 0.3) is 10.9 Å². The van der Waals surface area contributed by atoms with Crippen LogP contribution in [0.15, 0.2) is 59.3 Å². The van der Waals surface area contributed by atoms with Crippen molar-refractivity contribution in [3.05, 3.63) is 59.3 Å². The molecule has 0 amide bonds. The SMILES string of the molecule is COc1cc(Nc2nc(Oc3cccc4cccnc34)ncc2Br)cc(OC)c1OC. The lowest BCUT2D eigenvalue weighted by Crippen LogP contribution is -2.01. The molecule has 0 radical (unpaired) electrons. The van der Waals surface area contributed by atoms with Crippen LogP contribution in [0.5, 0.6) is 29.0 Å². The third-order valence-corrected chi connectivity index (χ3v) is 5.03. The topological polar surface area (TPSA) is 87.6 Å². The van der Waals surface area contributed by atoms with Gasteiger partial charge >= 0.3 is 6.01 Å². The van der Waals surface area contributed by atoms with Crippen molar-refractivity contribution in [3.8, 4) is 29.0 Å². The Kier molecular flexibility index (Phi) is 6.03. The molecule has 0 spiro atoms. The molecule has 4 aromatic rings. The van der Waals surface area contributed by atoms with Crippen molar-refractivity contribution >= 4 is 38.3 Å². The highest BCUT2D eigenvalue weighted by Crippen LogP contribution is 2.41. The molecule has 4 rings (SSSR count). The first-order valence-corrected chi connectivity index (χ1v) is 10.0. The molecule has 0 bridgehead atoms. The summed E-state index contributed by atoms with van der Waals surface area (Å²) in [5.41, 5.74) is 1.42. The summed E-state index contributed by atoms with van der Waals surface area (Å²) in [6.45, 7) is 0. The van der Waals surface area contributed by atoms with Crippen LogP contribution in [-0.2, 0) is 0 Å². The van der Waals surface area contributed by atoms with Crippen molar-refractivity contribution < 1.29 is 18.9 Å². The maximum atomic E-state index is 5.94. The van der Waals surface area contributed by atoms with Crippen LogP contribution in [-0.4, -0.2) is 36.3 Å². The smallest absolute Gasteiger partial charge is 0.324 e. The van der Waals surface area contributed by atoms with E-state index in [2.05, 4.69) is 36.2 Å². The minimum atomic E-state index is 0.177. The first-order valence-electron chi connectivity index (χ1n) is 9.24. The highest BCUT2D eigenvalue weighted by atomic mass is 79.9. The summed E-state index contributed by atoms with van der Waals surface area (Å²) in [6, 6.07) is 13.3. The van der Waals surface area contributed by atoms with E-state index in [1.165, 1.54) is 0 Å². The number of hydrogen-bond acceptors (Lipinski definition) is 8. The van der Waals surface area contributed by atoms with Crippen molar-refractivity contribution in [1.82, 2.24) is 15.0 Å². The molecule has 0 aliphatic carbocycles. The number of fused-ring (bicyclic) bond motifs is 1. The Hall–Kier alpha value is -3.59. The molecule has 0 aliphatic rings. The third kappa shape index (κ3) is 4.31. The van der Waals surface area contributed by atoms with E-state index < -0.39 is 0 Å². The molecule has 1 N–H and O–H groups in total. The molecule has 8 nitrogen and oxygen atoms in total. The van der Waals surface area contributed by atoms with E-state index in [9.17, 15) is 0 Å². The zero-order valence-electron chi connectivity index (χ0n) is 17.0. The van der Waals surface area contributed by atoms with Gasteiger partial charge in [0.25, 0.3) is 0 Å². The highest BCUT2D eigenvalue weighted by molar-refractivity contribution is 9.10. The molecular weight excluding hydrogens is 464 g/mol. The molecular formula is C22H19BrN4O4. The Balaban J connectivity index is 1.66. The summed E-state index contributed by atoms with van der Waals surface area (Å²) in [5.74, 6) is 2.62. The Morgan fingerprint density at radius 1 is 0.871 bits per heavy atom. The van der Waals surface area contributed by atoms with E-state index in [1.807, 2.05) is 30.3 Å². The fourth-order valence-electron chi connectivity index (χ4n) is 3.03. The summed E-state index contributed by atoms with van der Waals surface area (Å²) in [5, 5.41) is 4.19. The first-order chi connectivity index (χ1) is 15.1. The third-order valence-electron chi connectivity index (χ3n) is 4.45. The van der Waals surface area contributed by atoms with Gasteiger partial charge in [-0.15, -0.1) is 0 Å². The van der Waals surface area contributed by atoms with Crippen LogP contribution < -0.4 is 24.3 Å². The van der Waals surface area contributed by atoms with Crippen LogP contribution >= 0.6 is 15.9 Å². The van der Waals surface area contributed by atoms with Gasteiger partial charge in [-0.1, -0.05) is 18.2 Å². The summed E-state index contributed by atoms with van der Waals surface area (Å²) in [6.07, 6.45) is 3.33. The lowest BCUT2D eigenvalue weighted by atomic mass is 10.2. The molecule has 2 aromatic heterocycles. The van der Waals surface area contributed by atoms with E-state index in [1.54, 1.807) is 45.9 Å². The standard InChI is InChI=1S/C22H19BrN4O4/c1-28-17-10-14(11-18(29-2)20(17)30-3)26-21-15(23)12-25-22(27-21)31-16-8-4-6-13-7-5-9-24-19(13)16/h4-12H,1-3H3,(H,25,26,27). The predicted molar refractivity (Wildman–Crippen MR) is 121 cm³/mol. The van der Waals surface area contributed by atoms with E-state index in [0.717, 1.165) is 10.9 Å². The molecule has 0 aliphatic heterocycles. The van der Waals surface area contributed by atoms with Gasteiger partial charge in [0.15, 0.2) is 23.1 Å². The number of aromatic nitrogens is 3. The minimum Gasteiger partial charge on any atom is -0.493 e. The molecule has 2 aromatic carbocycles. The zero-order valence-corrected chi connectivity index (χ0v) is 18.6. The number of pyridine rings is 1. The average Bonchev–Trinajstić information content (AvgIpc) is 2.80. The van der Waals surface area contributed by atoms with Crippen molar-refractivity contribution in [1.29, 1.82) is 0 Å². The quantitative estimate of drug-likeness (QED) is 0.377. The molecule has 31 heavy (non-hydrogen) atoms. The van der Waals surface area contributed by atoms with Gasteiger partial charge in [-0.3, -0.25) is 4.98 Å². The van der Waals surface area contributed by atoms with Crippen LogP contribution in [0.1, 0.15) is 0 Å². The number of benzene rings is 2. The van der Waals surface area contributed by atoms with Crippen molar-refractivity contribution in [2.24, 2.45) is 0 Å². The number of methoxy groups -OCH3 is 3. The molecule has 9 heteroatoms. The summed E-state index contributed by atoms with van der Waals surface area (Å²) in [7, 11) is 4.68. The van der Waals surface area contributed by atoms with Gasteiger partial charge in [0, 0.05) is 29.4 Å². The van der Waals surface area contributed by atoms with Crippen LogP contribution in [0.2, 0.25) is 0 Å². The molecule has 0 fully saturated rings. The maximum Gasteiger partial charge on any atom is 0.324 e. The number of halogens is 1. The second-order valence-electron chi connectivity index (χ2n) is 6.32. The predicted octanol–water partition coefficient (Wildman–Crippen LogP) is 5.35. The lowest BCUT2D eigenvalue weighted by Gasteiger charge is -2.15. The van der Waals surface area contributed by atoms with E-state index in [4.69, 9.17) is 18.9 Å². The number of nitrogens with zero attached hydrogens (tertiary/aromatic N) is 3. The molecule has 0 atom stereocenters. The van der Waals surface area contributed by atoms with Gasteiger partial charge in [-0.25, -0.2) is 4.98 Å². The number of anilines is 2. The Morgan fingerprint density at radius 2 is 1.61 bits per heavy atom. The summed E-state index contributed by atoms with van der Waals surface area (Å²) >= 11 is 3.47. The largest absolute Gasteiger partial charge is 0.493 e. The van der Waals surface area contributed by atoms with Gasteiger partial charge in [-0.05, 0) is 28.1 Å². The van der Waals surface area contributed by atoms with Crippen LogP contribution in [0.3, 0.4) is 0 Å². The second kappa shape index (κ2) is 9.05. The first kappa shape index (κ1) is 20.7. The van der Waals surface area contributed by atoms with Gasteiger partial charge in [0.2, 0.25) is 5.75 Å².